The molecule has 0 aliphatic carbocycles. The van der Waals surface area contributed by atoms with Crippen LogP contribution in [-0.4, -0.2) is 30.1 Å². The Balaban J connectivity index is 2.06. The van der Waals surface area contributed by atoms with Crippen LogP contribution in [-0.2, 0) is 0 Å². The van der Waals surface area contributed by atoms with E-state index in [2.05, 4.69) is 20.9 Å². The number of methoxy groups -OCH3 is 1. The summed E-state index contributed by atoms with van der Waals surface area (Å²) in [5, 5.41) is 8.49. The quantitative estimate of drug-likeness (QED) is 0.773. The lowest BCUT2D eigenvalue weighted by atomic mass is 10.3. The van der Waals surface area contributed by atoms with Gasteiger partial charge in [0.05, 0.1) is 18.5 Å². The van der Waals surface area contributed by atoms with Crippen LogP contribution >= 0.6 is 11.3 Å². The van der Waals surface area contributed by atoms with Crippen LogP contribution in [0.5, 0.6) is 5.75 Å². The number of hydrogen-bond acceptors (Lipinski definition) is 5. The van der Waals surface area contributed by atoms with Gasteiger partial charge in [0.25, 0.3) is 5.91 Å². The van der Waals surface area contributed by atoms with Gasteiger partial charge in [0, 0.05) is 6.04 Å². The maximum atomic E-state index is 12.1. The number of amides is 3. The number of aromatic nitrogens is 1. The van der Waals surface area contributed by atoms with Gasteiger partial charge in [-0.15, -0.1) is 0 Å². The maximum Gasteiger partial charge on any atom is 0.325 e. The van der Waals surface area contributed by atoms with E-state index in [9.17, 15) is 9.59 Å². The molecule has 1 heterocycles. The molecule has 8 heteroatoms. The molecule has 128 valence electrons. The minimum Gasteiger partial charge on any atom is -0.495 e. The number of nitrogens with one attached hydrogen (secondary N) is 3. The van der Waals surface area contributed by atoms with Gasteiger partial charge in [-0.05, 0) is 32.9 Å². The van der Waals surface area contributed by atoms with E-state index < -0.39 is 6.03 Å². The van der Waals surface area contributed by atoms with Crippen LogP contribution in [0.25, 0.3) is 0 Å². The topological polar surface area (TPSA) is 92.3 Å². The molecule has 7 nitrogen and oxygen atoms in total. The summed E-state index contributed by atoms with van der Waals surface area (Å²) in [6, 6.07) is 6.66. The fraction of sp³-hybridized carbons (Fsp3) is 0.312. The zero-order chi connectivity index (χ0) is 17.7. The number of para-hydroxylation sites is 2. The molecular formula is C16H20N4O3S. The van der Waals surface area contributed by atoms with Gasteiger partial charge in [-0.3, -0.25) is 10.1 Å². The number of thiazole rings is 1. The third-order valence-corrected chi connectivity index (χ3v) is 4.07. The van der Waals surface area contributed by atoms with E-state index in [1.165, 1.54) is 7.11 Å². The lowest BCUT2D eigenvalue weighted by molar-refractivity contribution is 0.0946. The van der Waals surface area contributed by atoms with Crippen molar-refractivity contribution in [3.63, 3.8) is 0 Å². The molecule has 0 unspecified atom stereocenters. The highest BCUT2D eigenvalue weighted by atomic mass is 32.1. The molecule has 0 atom stereocenters. The minimum absolute atomic E-state index is 0.0317. The second kappa shape index (κ2) is 7.78. The van der Waals surface area contributed by atoms with Gasteiger partial charge in [-0.25, -0.2) is 9.78 Å². The average Bonchev–Trinajstić information content (AvgIpc) is 2.87. The summed E-state index contributed by atoms with van der Waals surface area (Å²) in [6.45, 7) is 5.50. The van der Waals surface area contributed by atoms with E-state index >= 15 is 0 Å². The monoisotopic (exact) mass is 348 g/mol. The highest BCUT2D eigenvalue weighted by Gasteiger charge is 2.17. The van der Waals surface area contributed by atoms with Crippen molar-refractivity contribution >= 4 is 34.1 Å². The molecule has 1 aromatic carbocycles. The van der Waals surface area contributed by atoms with Crippen molar-refractivity contribution in [2.24, 2.45) is 0 Å². The van der Waals surface area contributed by atoms with Crippen molar-refractivity contribution in [1.29, 1.82) is 0 Å². The predicted molar refractivity (Wildman–Crippen MR) is 95.1 cm³/mol. The number of anilines is 2. The van der Waals surface area contributed by atoms with Crippen LogP contribution in [0.15, 0.2) is 24.3 Å². The number of urea groups is 1. The highest BCUT2D eigenvalue weighted by Crippen LogP contribution is 2.25. The SMILES string of the molecule is COc1ccccc1NC(=O)Nc1nc(C)c(C(=O)NC(C)C)s1. The summed E-state index contributed by atoms with van der Waals surface area (Å²) in [5.41, 5.74) is 1.12. The van der Waals surface area contributed by atoms with Gasteiger partial charge in [-0.2, -0.15) is 0 Å². The third kappa shape index (κ3) is 4.45. The van der Waals surface area contributed by atoms with Crippen molar-refractivity contribution in [3.8, 4) is 5.75 Å². The molecule has 0 saturated heterocycles. The van der Waals surface area contributed by atoms with Crippen LogP contribution in [0, 0.1) is 6.92 Å². The predicted octanol–water partition coefficient (Wildman–Crippen LogP) is 3.24. The van der Waals surface area contributed by atoms with Gasteiger partial charge in [-0.1, -0.05) is 23.5 Å². The molecule has 2 aromatic rings. The van der Waals surface area contributed by atoms with Gasteiger partial charge >= 0.3 is 6.03 Å². The Bertz CT molecular complexity index is 743. The number of hydrogen-bond donors (Lipinski definition) is 3. The molecule has 2 rings (SSSR count). The van der Waals surface area contributed by atoms with Crippen LogP contribution < -0.4 is 20.7 Å². The van der Waals surface area contributed by atoms with E-state index in [1.54, 1.807) is 25.1 Å². The normalized spacial score (nSPS) is 10.4. The van der Waals surface area contributed by atoms with Crippen LogP contribution in [0.2, 0.25) is 0 Å². The fourth-order valence-corrected chi connectivity index (χ4v) is 2.85. The van der Waals surface area contributed by atoms with Gasteiger partial charge in [0.1, 0.15) is 10.6 Å². The van der Waals surface area contributed by atoms with E-state index in [0.717, 1.165) is 11.3 Å². The first-order chi connectivity index (χ1) is 11.4. The number of carbonyl (C=O) groups is 2. The molecule has 0 saturated carbocycles. The lowest BCUT2D eigenvalue weighted by Gasteiger charge is -2.09. The molecule has 0 spiro atoms. The van der Waals surface area contributed by atoms with Gasteiger partial charge < -0.3 is 15.4 Å². The first kappa shape index (κ1) is 17.7. The molecule has 24 heavy (non-hydrogen) atoms. The van der Waals surface area contributed by atoms with Gasteiger partial charge in [0.2, 0.25) is 0 Å². The van der Waals surface area contributed by atoms with Crippen molar-refractivity contribution in [2.75, 3.05) is 17.7 Å². The molecule has 0 aliphatic rings. The Hall–Kier alpha value is -2.61. The smallest absolute Gasteiger partial charge is 0.325 e. The Morgan fingerprint density at radius 1 is 1.21 bits per heavy atom. The largest absolute Gasteiger partial charge is 0.495 e. The van der Waals surface area contributed by atoms with Crippen molar-refractivity contribution < 1.29 is 14.3 Å². The fourth-order valence-electron chi connectivity index (χ4n) is 1.99. The molecule has 0 fully saturated rings. The van der Waals surface area contributed by atoms with Crippen molar-refractivity contribution in [2.45, 2.75) is 26.8 Å². The van der Waals surface area contributed by atoms with E-state index in [0.29, 0.717) is 27.1 Å². The first-order valence-corrected chi connectivity index (χ1v) is 8.21. The Labute approximate surface area is 144 Å². The second-order valence-electron chi connectivity index (χ2n) is 5.34. The van der Waals surface area contributed by atoms with E-state index in [4.69, 9.17) is 4.74 Å². The van der Waals surface area contributed by atoms with Crippen molar-refractivity contribution in [1.82, 2.24) is 10.3 Å². The average molecular weight is 348 g/mol. The number of nitrogens with zero attached hydrogens (tertiary/aromatic N) is 1. The summed E-state index contributed by atoms with van der Waals surface area (Å²) in [5.74, 6) is 0.359. The van der Waals surface area contributed by atoms with Crippen LogP contribution in [0.1, 0.15) is 29.2 Å². The molecule has 3 N–H and O–H groups in total. The molecule has 3 amide bonds. The maximum absolute atomic E-state index is 12.1. The summed E-state index contributed by atoms with van der Waals surface area (Å²) in [6.07, 6.45) is 0. The summed E-state index contributed by atoms with van der Waals surface area (Å²) >= 11 is 1.13. The molecular weight excluding hydrogens is 328 g/mol. The third-order valence-electron chi connectivity index (χ3n) is 3.00. The lowest BCUT2D eigenvalue weighted by Crippen LogP contribution is -2.29. The highest BCUT2D eigenvalue weighted by molar-refractivity contribution is 7.17. The number of aryl methyl sites for hydroxylation is 1. The summed E-state index contributed by atoms with van der Waals surface area (Å²) in [7, 11) is 1.53. The zero-order valence-corrected chi connectivity index (χ0v) is 14.8. The van der Waals surface area contributed by atoms with Crippen LogP contribution in [0.4, 0.5) is 15.6 Å². The summed E-state index contributed by atoms with van der Waals surface area (Å²) in [4.78, 5) is 28.9. The number of rotatable bonds is 5. The van der Waals surface area contributed by atoms with E-state index in [-0.39, 0.29) is 11.9 Å². The summed E-state index contributed by atoms with van der Waals surface area (Å²) < 4.78 is 5.18. The second-order valence-corrected chi connectivity index (χ2v) is 6.34. The Morgan fingerprint density at radius 3 is 2.58 bits per heavy atom. The van der Waals surface area contributed by atoms with Crippen molar-refractivity contribution in [3.05, 3.63) is 34.8 Å². The molecule has 0 bridgehead atoms. The Kier molecular flexibility index (Phi) is 5.75. The Morgan fingerprint density at radius 2 is 1.92 bits per heavy atom. The molecule has 1 aromatic heterocycles. The standard InChI is InChI=1S/C16H20N4O3S/c1-9(2)17-14(21)13-10(3)18-16(24-13)20-15(22)19-11-7-5-6-8-12(11)23-4/h5-9H,1-4H3,(H,17,21)(H2,18,19,20,22). The molecule has 0 radical (unpaired) electrons. The van der Waals surface area contributed by atoms with Crippen LogP contribution in [0.3, 0.4) is 0 Å². The van der Waals surface area contributed by atoms with E-state index in [1.807, 2.05) is 19.9 Å². The number of benzene rings is 1. The number of ether oxygens (including phenoxy) is 1. The zero-order valence-electron chi connectivity index (χ0n) is 14.0. The molecule has 0 aliphatic heterocycles. The number of carbonyl (C=O) groups excluding carboxylic acids is 2. The van der Waals surface area contributed by atoms with Gasteiger partial charge in [0.15, 0.2) is 5.13 Å². The first-order valence-electron chi connectivity index (χ1n) is 7.40. The minimum atomic E-state index is -0.455.